The highest BCUT2D eigenvalue weighted by molar-refractivity contribution is 6.32. The molecule has 0 fully saturated rings. The molecule has 0 aliphatic heterocycles. The molecule has 4 nitrogen and oxygen atoms in total. The maximum absolute atomic E-state index is 13.1. The summed E-state index contributed by atoms with van der Waals surface area (Å²) in [5.41, 5.74) is 1.29. The third-order valence-corrected chi connectivity index (χ3v) is 3.09. The summed E-state index contributed by atoms with van der Waals surface area (Å²) >= 11 is 5.87. The van der Waals surface area contributed by atoms with E-state index < -0.39 is 0 Å². The van der Waals surface area contributed by atoms with Crippen molar-refractivity contribution in [1.82, 2.24) is 9.88 Å². The number of halogens is 2. The summed E-state index contributed by atoms with van der Waals surface area (Å²) in [5.74, 6) is -0.490. The highest BCUT2D eigenvalue weighted by Crippen LogP contribution is 2.17. The Bertz CT molecular complexity index is 636. The molecular formula is C15H15ClFN3O. The zero-order valence-corrected chi connectivity index (χ0v) is 12.3. The maximum atomic E-state index is 13.1. The van der Waals surface area contributed by atoms with Crippen LogP contribution in [0, 0.1) is 5.82 Å². The zero-order chi connectivity index (χ0) is 15.2. The number of nitrogens with zero attached hydrogens (tertiary/aromatic N) is 2. The molecule has 1 amide bonds. The van der Waals surface area contributed by atoms with Gasteiger partial charge in [0.25, 0.3) is 0 Å². The molecule has 0 radical (unpaired) electrons. The minimum absolute atomic E-state index is 0.168. The van der Waals surface area contributed by atoms with Crippen molar-refractivity contribution in [2.24, 2.45) is 0 Å². The summed E-state index contributed by atoms with van der Waals surface area (Å²) in [5, 5.41) is 2.94. The molecule has 1 aromatic carbocycles. The minimum atomic E-state index is -0.285. The van der Waals surface area contributed by atoms with Crippen molar-refractivity contribution in [3.05, 3.63) is 59.1 Å². The van der Waals surface area contributed by atoms with Gasteiger partial charge < -0.3 is 5.32 Å². The molecule has 0 atom stereocenters. The fraction of sp³-hybridized carbons (Fsp3) is 0.200. The normalized spacial score (nSPS) is 10.7. The van der Waals surface area contributed by atoms with Gasteiger partial charge in [-0.15, -0.1) is 0 Å². The van der Waals surface area contributed by atoms with E-state index in [9.17, 15) is 9.18 Å². The lowest BCUT2D eigenvalue weighted by Gasteiger charge is -2.16. The van der Waals surface area contributed by atoms with E-state index >= 15 is 0 Å². The zero-order valence-electron chi connectivity index (χ0n) is 11.5. The lowest BCUT2D eigenvalue weighted by molar-refractivity contribution is -0.117. The molecular weight excluding hydrogens is 293 g/mol. The van der Waals surface area contributed by atoms with E-state index in [1.807, 2.05) is 6.07 Å². The van der Waals surface area contributed by atoms with Gasteiger partial charge in [-0.05, 0) is 36.9 Å². The number of rotatable bonds is 5. The summed E-state index contributed by atoms with van der Waals surface area (Å²) in [6, 6.07) is 9.67. The van der Waals surface area contributed by atoms with Crippen LogP contribution in [0.3, 0.4) is 0 Å². The van der Waals surface area contributed by atoms with E-state index in [-0.39, 0.29) is 23.4 Å². The van der Waals surface area contributed by atoms with Gasteiger partial charge in [0, 0.05) is 12.7 Å². The fourth-order valence-corrected chi connectivity index (χ4v) is 2.08. The van der Waals surface area contributed by atoms with Crippen LogP contribution in [-0.4, -0.2) is 29.4 Å². The highest BCUT2D eigenvalue weighted by Gasteiger charge is 2.10. The number of anilines is 1. The molecule has 0 aliphatic rings. The highest BCUT2D eigenvalue weighted by atomic mass is 35.5. The number of amides is 1. The smallest absolute Gasteiger partial charge is 0.238 e. The SMILES string of the molecule is CN(CC(=O)Nc1cccnc1Cl)Cc1cccc(F)c1. The van der Waals surface area contributed by atoms with Gasteiger partial charge in [-0.3, -0.25) is 9.69 Å². The monoisotopic (exact) mass is 307 g/mol. The fourth-order valence-electron chi connectivity index (χ4n) is 1.92. The number of carbonyl (C=O) groups is 1. The van der Waals surface area contributed by atoms with Crippen LogP contribution in [0.5, 0.6) is 0 Å². The Morgan fingerprint density at radius 2 is 2.19 bits per heavy atom. The predicted octanol–water partition coefficient (Wildman–Crippen LogP) is 2.94. The molecule has 0 unspecified atom stereocenters. The number of likely N-dealkylation sites (N-methyl/N-ethyl adjacent to an activating group) is 1. The number of hydrogen-bond acceptors (Lipinski definition) is 3. The first-order chi connectivity index (χ1) is 10.0. The number of carbonyl (C=O) groups excluding carboxylic acids is 1. The third kappa shape index (κ3) is 4.81. The van der Waals surface area contributed by atoms with Gasteiger partial charge in [-0.25, -0.2) is 9.37 Å². The van der Waals surface area contributed by atoms with Gasteiger partial charge in [0.15, 0.2) is 5.15 Å². The molecule has 2 aromatic rings. The minimum Gasteiger partial charge on any atom is -0.322 e. The maximum Gasteiger partial charge on any atom is 0.238 e. The van der Waals surface area contributed by atoms with Crippen molar-refractivity contribution in [3.8, 4) is 0 Å². The molecule has 0 spiro atoms. The van der Waals surface area contributed by atoms with Crippen LogP contribution in [0.4, 0.5) is 10.1 Å². The molecule has 1 aromatic heterocycles. The van der Waals surface area contributed by atoms with Crippen LogP contribution in [-0.2, 0) is 11.3 Å². The Morgan fingerprint density at radius 3 is 2.90 bits per heavy atom. The average Bonchev–Trinajstić information content (AvgIpc) is 2.41. The standard InChI is InChI=1S/C15H15ClFN3O/c1-20(9-11-4-2-5-12(17)8-11)10-14(21)19-13-6-3-7-18-15(13)16/h2-8H,9-10H2,1H3,(H,19,21). The van der Waals surface area contributed by atoms with Crippen LogP contribution in [0.1, 0.15) is 5.56 Å². The van der Waals surface area contributed by atoms with Gasteiger partial charge in [-0.1, -0.05) is 23.7 Å². The molecule has 0 saturated carbocycles. The van der Waals surface area contributed by atoms with Crippen LogP contribution < -0.4 is 5.32 Å². The first kappa shape index (κ1) is 15.4. The number of pyridine rings is 1. The van der Waals surface area contributed by atoms with Crippen LogP contribution >= 0.6 is 11.6 Å². The summed E-state index contributed by atoms with van der Waals surface area (Å²) in [6.45, 7) is 0.647. The Hall–Kier alpha value is -1.98. The molecule has 0 saturated heterocycles. The molecule has 2 rings (SSSR count). The topological polar surface area (TPSA) is 45.2 Å². The molecule has 1 N–H and O–H groups in total. The second kappa shape index (κ2) is 7.15. The largest absolute Gasteiger partial charge is 0.322 e. The predicted molar refractivity (Wildman–Crippen MR) is 80.6 cm³/mol. The third-order valence-electron chi connectivity index (χ3n) is 2.79. The van der Waals surface area contributed by atoms with Gasteiger partial charge in [0.2, 0.25) is 5.91 Å². The summed E-state index contributed by atoms with van der Waals surface area (Å²) in [7, 11) is 1.79. The molecule has 110 valence electrons. The second-order valence-electron chi connectivity index (χ2n) is 4.69. The molecule has 0 aliphatic carbocycles. The summed E-state index contributed by atoms with van der Waals surface area (Å²) in [6.07, 6.45) is 1.55. The van der Waals surface area contributed by atoms with Gasteiger partial charge >= 0.3 is 0 Å². The Labute approximate surface area is 127 Å². The van der Waals surface area contributed by atoms with E-state index in [0.717, 1.165) is 5.56 Å². The number of aromatic nitrogens is 1. The van der Waals surface area contributed by atoms with Crippen molar-refractivity contribution in [2.45, 2.75) is 6.54 Å². The van der Waals surface area contributed by atoms with Gasteiger partial charge in [0.1, 0.15) is 5.82 Å². The summed E-state index contributed by atoms with van der Waals surface area (Å²) in [4.78, 5) is 17.6. The number of hydrogen-bond donors (Lipinski definition) is 1. The Morgan fingerprint density at radius 1 is 1.38 bits per heavy atom. The van der Waals surface area contributed by atoms with Crippen molar-refractivity contribution < 1.29 is 9.18 Å². The van der Waals surface area contributed by atoms with Crippen LogP contribution in [0.15, 0.2) is 42.6 Å². The van der Waals surface area contributed by atoms with Gasteiger partial charge in [-0.2, -0.15) is 0 Å². The second-order valence-corrected chi connectivity index (χ2v) is 5.05. The van der Waals surface area contributed by atoms with E-state index in [0.29, 0.717) is 12.2 Å². The number of benzene rings is 1. The number of nitrogens with one attached hydrogen (secondary N) is 1. The quantitative estimate of drug-likeness (QED) is 0.864. The Kier molecular flexibility index (Phi) is 5.25. The first-order valence-electron chi connectivity index (χ1n) is 6.38. The Balaban J connectivity index is 1.89. The average molecular weight is 308 g/mol. The lowest BCUT2D eigenvalue weighted by Crippen LogP contribution is -2.30. The van der Waals surface area contributed by atoms with E-state index in [1.165, 1.54) is 12.1 Å². The summed E-state index contributed by atoms with van der Waals surface area (Å²) < 4.78 is 13.1. The van der Waals surface area contributed by atoms with E-state index in [2.05, 4.69) is 10.3 Å². The first-order valence-corrected chi connectivity index (χ1v) is 6.76. The van der Waals surface area contributed by atoms with Crippen molar-refractivity contribution in [2.75, 3.05) is 18.9 Å². The van der Waals surface area contributed by atoms with Crippen molar-refractivity contribution in [3.63, 3.8) is 0 Å². The van der Waals surface area contributed by atoms with Crippen LogP contribution in [0.2, 0.25) is 5.15 Å². The van der Waals surface area contributed by atoms with Crippen molar-refractivity contribution >= 4 is 23.2 Å². The molecule has 21 heavy (non-hydrogen) atoms. The van der Waals surface area contributed by atoms with Crippen molar-refractivity contribution in [1.29, 1.82) is 0 Å². The van der Waals surface area contributed by atoms with Crippen LogP contribution in [0.25, 0.3) is 0 Å². The van der Waals surface area contributed by atoms with Gasteiger partial charge in [0.05, 0.1) is 12.2 Å². The molecule has 6 heteroatoms. The lowest BCUT2D eigenvalue weighted by atomic mass is 10.2. The molecule has 0 bridgehead atoms. The molecule has 1 heterocycles. The van der Waals surface area contributed by atoms with E-state index in [4.69, 9.17) is 11.6 Å². The van der Waals surface area contributed by atoms with E-state index in [1.54, 1.807) is 36.3 Å².